The van der Waals surface area contributed by atoms with E-state index in [1.807, 2.05) is 0 Å². The predicted molar refractivity (Wildman–Crippen MR) is 74.0 cm³/mol. The first-order valence-corrected chi connectivity index (χ1v) is 6.23. The highest BCUT2D eigenvalue weighted by atomic mass is 16.6. The Kier molecular flexibility index (Phi) is 3.91. The molecule has 1 atom stereocenters. The van der Waals surface area contributed by atoms with Crippen molar-refractivity contribution in [2.45, 2.75) is 19.1 Å². The van der Waals surface area contributed by atoms with Gasteiger partial charge in [-0.15, -0.1) is 0 Å². The van der Waals surface area contributed by atoms with Gasteiger partial charge in [0, 0.05) is 24.1 Å². The fourth-order valence-corrected chi connectivity index (χ4v) is 2.00. The van der Waals surface area contributed by atoms with E-state index in [9.17, 15) is 24.8 Å². The van der Waals surface area contributed by atoms with Crippen molar-refractivity contribution in [3.63, 3.8) is 0 Å². The summed E-state index contributed by atoms with van der Waals surface area (Å²) in [5.41, 5.74) is -1.82. The monoisotopic (exact) mass is 307 g/mol. The third kappa shape index (κ3) is 2.79. The van der Waals surface area contributed by atoms with Gasteiger partial charge in [-0.05, 0) is 19.1 Å². The van der Waals surface area contributed by atoms with Crippen LogP contribution < -0.4 is 0 Å². The molecule has 1 aromatic rings. The van der Waals surface area contributed by atoms with Crippen LogP contribution in [-0.4, -0.2) is 45.5 Å². The second-order valence-corrected chi connectivity index (χ2v) is 4.85. The van der Waals surface area contributed by atoms with Crippen molar-refractivity contribution in [3.8, 4) is 0 Å². The third-order valence-electron chi connectivity index (χ3n) is 3.12. The molecule has 9 heteroatoms. The van der Waals surface area contributed by atoms with Gasteiger partial charge in [-0.25, -0.2) is 4.79 Å². The van der Waals surface area contributed by atoms with Crippen molar-refractivity contribution < 1.29 is 24.4 Å². The number of nitro benzene ring substituents is 1. The lowest BCUT2D eigenvalue weighted by atomic mass is 10.1. The largest absolute Gasteiger partial charge is 0.464 e. The summed E-state index contributed by atoms with van der Waals surface area (Å²) >= 11 is 0. The molecule has 0 radical (unpaired) electrons. The van der Waals surface area contributed by atoms with E-state index in [2.05, 4.69) is 9.84 Å². The molecule has 1 heterocycles. The molecule has 0 saturated carbocycles. The molecule has 0 fully saturated rings. The molecule has 9 nitrogen and oxygen atoms in total. The number of esters is 1. The number of amides is 1. The second kappa shape index (κ2) is 5.53. The predicted octanol–water partition coefficient (Wildman–Crippen LogP) is 0.678. The molecule has 1 unspecified atom stereocenters. The first-order chi connectivity index (χ1) is 10.3. The summed E-state index contributed by atoms with van der Waals surface area (Å²) in [7, 11) is 1.17. The number of carbonyl (C=O) groups is 2. The summed E-state index contributed by atoms with van der Waals surface area (Å²) in [6, 6.07) is 4.84. The van der Waals surface area contributed by atoms with Crippen molar-refractivity contribution >= 4 is 23.3 Å². The van der Waals surface area contributed by atoms with Crippen LogP contribution in [0.15, 0.2) is 29.4 Å². The van der Waals surface area contributed by atoms with Gasteiger partial charge in [0.1, 0.15) is 0 Å². The molecule has 1 aliphatic rings. The van der Waals surface area contributed by atoms with Gasteiger partial charge in [0.25, 0.3) is 11.6 Å². The molecular weight excluding hydrogens is 294 g/mol. The summed E-state index contributed by atoms with van der Waals surface area (Å²) < 4.78 is 4.51. The zero-order valence-electron chi connectivity index (χ0n) is 11.8. The van der Waals surface area contributed by atoms with E-state index in [-0.39, 0.29) is 23.4 Å². The molecule has 1 amide bonds. The first-order valence-electron chi connectivity index (χ1n) is 6.23. The number of nitrogens with zero attached hydrogens (tertiary/aromatic N) is 3. The molecule has 1 aliphatic heterocycles. The van der Waals surface area contributed by atoms with Gasteiger partial charge in [-0.1, -0.05) is 0 Å². The summed E-state index contributed by atoms with van der Waals surface area (Å²) in [6.07, 6.45) is -0.168. The smallest absolute Gasteiger partial charge is 0.354 e. The van der Waals surface area contributed by atoms with Crippen LogP contribution in [0.1, 0.15) is 23.7 Å². The molecule has 2 rings (SSSR count). The Balaban J connectivity index is 2.29. The van der Waals surface area contributed by atoms with Crippen molar-refractivity contribution in [2.24, 2.45) is 5.10 Å². The number of hydrogen-bond donors (Lipinski definition) is 1. The Bertz CT molecular complexity index is 665. The fraction of sp³-hybridized carbons (Fsp3) is 0.308. The van der Waals surface area contributed by atoms with Crippen LogP contribution in [-0.2, 0) is 9.53 Å². The van der Waals surface area contributed by atoms with E-state index in [1.165, 1.54) is 38.3 Å². The van der Waals surface area contributed by atoms with Gasteiger partial charge in [0.15, 0.2) is 11.4 Å². The maximum atomic E-state index is 12.3. The Morgan fingerprint density at radius 3 is 2.50 bits per heavy atom. The lowest BCUT2D eigenvalue weighted by Crippen LogP contribution is -2.43. The third-order valence-corrected chi connectivity index (χ3v) is 3.12. The molecule has 1 aromatic carbocycles. The number of non-ortho nitro benzene ring substituents is 1. The molecular formula is C13H13N3O6. The molecule has 1 N–H and O–H groups in total. The summed E-state index contributed by atoms with van der Waals surface area (Å²) in [5.74, 6) is -1.42. The average molecular weight is 307 g/mol. The quantitative estimate of drug-likeness (QED) is 0.497. The minimum Gasteiger partial charge on any atom is -0.464 e. The molecule has 0 bridgehead atoms. The second-order valence-electron chi connectivity index (χ2n) is 4.85. The average Bonchev–Trinajstić information content (AvgIpc) is 2.81. The Morgan fingerprint density at radius 1 is 1.41 bits per heavy atom. The number of hydrazone groups is 1. The van der Waals surface area contributed by atoms with Gasteiger partial charge < -0.3 is 9.84 Å². The van der Waals surface area contributed by atoms with Crippen molar-refractivity contribution in [3.05, 3.63) is 39.9 Å². The van der Waals surface area contributed by atoms with E-state index in [0.29, 0.717) is 0 Å². The van der Waals surface area contributed by atoms with E-state index in [1.54, 1.807) is 0 Å². The molecule has 0 aromatic heterocycles. The Labute approximate surface area is 124 Å². The van der Waals surface area contributed by atoms with Crippen LogP contribution in [0.5, 0.6) is 0 Å². The van der Waals surface area contributed by atoms with Crippen LogP contribution >= 0.6 is 0 Å². The van der Waals surface area contributed by atoms with Gasteiger partial charge in [0.05, 0.1) is 12.0 Å². The Morgan fingerprint density at radius 2 is 2.00 bits per heavy atom. The van der Waals surface area contributed by atoms with Gasteiger partial charge in [-0.3, -0.25) is 14.9 Å². The van der Waals surface area contributed by atoms with E-state index < -0.39 is 22.5 Å². The van der Waals surface area contributed by atoms with Crippen molar-refractivity contribution in [2.75, 3.05) is 7.11 Å². The molecule has 116 valence electrons. The minimum absolute atomic E-state index is 0.0808. The van der Waals surface area contributed by atoms with Crippen molar-refractivity contribution in [1.29, 1.82) is 0 Å². The summed E-state index contributed by atoms with van der Waals surface area (Å²) in [4.78, 5) is 33.8. The van der Waals surface area contributed by atoms with Crippen LogP contribution in [0.4, 0.5) is 5.69 Å². The highest BCUT2D eigenvalue weighted by Crippen LogP contribution is 2.27. The standard InChI is InChI=1S/C13H13N3O6/c1-13(19)7-10(12(18)22-2)14-15(13)11(17)8-3-5-9(6-4-8)16(20)21/h3-6,19H,7H2,1-2H3. The lowest BCUT2D eigenvalue weighted by molar-refractivity contribution is -0.384. The summed E-state index contributed by atoms with van der Waals surface area (Å²) in [5, 5.41) is 25.4. The van der Waals surface area contributed by atoms with E-state index in [4.69, 9.17) is 0 Å². The van der Waals surface area contributed by atoms with E-state index in [0.717, 1.165) is 5.01 Å². The maximum absolute atomic E-state index is 12.3. The Hall–Kier alpha value is -2.81. The first kappa shape index (κ1) is 15.6. The van der Waals surface area contributed by atoms with Crippen LogP contribution in [0, 0.1) is 10.1 Å². The number of benzene rings is 1. The number of carbonyl (C=O) groups excluding carboxylic acids is 2. The van der Waals surface area contributed by atoms with Crippen LogP contribution in [0.3, 0.4) is 0 Å². The van der Waals surface area contributed by atoms with E-state index >= 15 is 0 Å². The number of aliphatic hydroxyl groups is 1. The molecule has 0 spiro atoms. The highest BCUT2D eigenvalue weighted by molar-refractivity contribution is 6.37. The molecule has 0 saturated heterocycles. The SMILES string of the molecule is COC(=O)C1=NN(C(=O)c2ccc([N+](=O)[O-])cc2)C(C)(O)C1. The van der Waals surface area contributed by atoms with Crippen LogP contribution in [0.25, 0.3) is 0 Å². The number of nitro groups is 1. The number of methoxy groups -OCH3 is 1. The minimum atomic E-state index is -1.68. The number of hydrogen-bond acceptors (Lipinski definition) is 7. The lowest BCUT2D eigenvalue weighted by Gasteiger charge is -2.26. The van der Waals surface area contributed by atoms with Crippen LogP contribution in [0.2, 0.25) is 0 Å². The van der Waals surface area contributed by atoms with Crippen molar-refractivity contribution in [1.82, 2.24) is 5.01 Å². The number of rotatable bonds is 3. The normalized spacial score (nSPS) is 20.5. The number of ether oxygens (including phenoxy) is 1. The van der Waals surface area contributed by atoms with Gasteiger partial charge in [-0.2, -0.15) is 10.1 Å². The zero-order chi connectivity index (χ0) is 16.5. The van der Waals surface area contributed by atoms with Gasteiger partial charge >= 0.3 is 5.97 Å². The summed E-state index contributed by atoms with van der Waals surface area (Å²) in [6.45, 7) is 1.33. The topological polar surface area (TPSA) is 122 Å². The maximum Gasteiger partial charge on any atom is 0.354 e. The zero-order valence-corrected chi connectivity index (χ0v) is 11.8. The van der Waals surface area contributed by atoms with Gasteiger partial charge in [0.2, 0.25) is 0 Å². The highest BCUT2D eigenvalue weighted by Gasteiger charge is 2.43. The molecule has 0 aliphatic carbocycles. The fourth-order valence-electron chi connectivity index (χ4n) is 2.00. The molecule has 22 heavy (non-hydrogen) atoms.